The number of halogens is 2. The first-order valence-corrected chi connectivity index (χ1v) is 9.78. The molecule has 2 aliphatic rings. The Morgan fingerprint density at radius 1 is 1.20 bits per heavy atom. The molecule has 1 fully saturated rings. The van der Waals surface area contributed by atoms with Crippen molar-refractivity contribution >= 4 is 34.8 Å². The molecule has 9 heteroatoms. The number of carbonyl (C=O) groups excluding carboxylic acids is 1. The number of amides is 2. The molecule has 3 aromatic rings. The fourth-order valence-electron chi connectivity index (χ4n) is 3.96. The summed E-state index contributed by atoms with van der Waals surface area (Å²) in [6.45, 7) is 0.891. The first-order chi connectivity index (χ1) is 14.5. The first kappa shape index (κ1) is 18.8. The summed E-state index contributed by atoms with van der Waals surface area (Å²) in [6, 6.07) is 11.2. The molecule has 0 saturated carbocycles. The minimum Gasteiger partial charge on any atom is -0.389 e. The van der Waals surface area contributed by atoms with Crippen LogP contribution in [0.4, 0.5) is 26.4 Å². The molecule has 1 saturated heterocycles. The van der Waals surface area contributed by atoms with Gasteiger partial charge in [0.25, 0.3) is 0 Å². The van der Waals surface area contributed by atoms with Gasteiger partial charge in [-0.3, -0.25) is 9.88 Å². The molecule has 2 aliphatic heterocycles. The van der Waals surface area contributed by atoms with Gasteiger partial charge in [-0.1, -0.05) is 23.7 Å². The van der Waals surface area contributed by atoms with Crippen LogP contribution in [0.15, 0.2) is 54.9 Å². The van der Waals surface area contributed by atoms with E-state index in [9.17, 15) is 14.3 Å². The SMILES string of the molecule is O=C(Nc1cncc(F)c1)N1c2nc(-c3cccc(Cl)c3)ccc2N2C[C@@H](O)[C@H]1C2. The van der Waals surface area contributed by atoms with Gasteiger partial charge in [0.1, 0.15) is 5.82 Å². The molecule has 2 amide bonds. The molecule has 2 bridgehead atoms. The molecule has 152 valence electrons. The molecule has 0 radical (unpaired) electrons. The highest BCUT2D eigenvalue weighted by atomic mass is 35.5. The summed E-state index contributed by atoms with van der Waals surface area (Å²) in [6.07, 6.45) is 1.69. The van der Waals surface area contributed by atoms with E-state index in [-0.39, 0.29) is 5.69 Å². The highest BCUT2D eigenvalue weighted by Crippen LogP contribution is 2.40. The maximum absolute atomic E-state index is 13.5. The smallest absolute Gasteiger partial charge is 0.328 e. The molecular weight excluding hydrogens is 409 g/mol. The lowest BCUT2D eigenvalue weighted by atomic mass is 10.1. The number of urea groups is 1. The van der Waals surface area contributed by atoms with Crippen LogP contribution in [-0.2, 0) is 0 Å². The highest BCUT2D eigenvalue weighted by molar-refractivity contribution is 6.30. The van der Waals surface area contributed by atoms with Crippen LogP contribution in [0.3, 0.4) is 0 Å². The molecule has 2 atom stereocenters. The summed E-state index contributed by atoms with van der Waals surface area (Å²) in [5, 5.41) is 13.8. The van der Waals surface area contributed by atoms with Gasteiger partial charge in [0.05, 0.1) is 41.6 Å². The second-order valence-electron chi connectivity index (χ2n) is 7.28. The van der Waals surface area contributed by atoms with Crippen LogP contribution >= 0.6 is 11.6 Å². The average molecular weight is 426 g/mol. The number of hydrogen-bond donors (Lipinski definition) is 2. The molecule has 30 heavy (non-hydrogen) atoms. The number of aromatic nitrogens is 2. The molecule has 0 spiro atoms. The van der Waals surface area contributed by atoms with Crippen molar-refractivity contribution in [2.75, 3.05) is 28.2 Å². The van der Waals surface area contributed by atoms with Gasteiger partial charge in [0.15, 0.2) is 5.82 Å². The van der Waals surface area contributed by atoms with Crippen molar-refractivity contribution in [1.29, 1.82) is 0 Å². The van der Waals surface area contributed by atoms with Crippen LogP contribution in [0.25, 0.3) is 11.3 Å². The van der Waals surface area contributed by atoms with Gasteiger partial charge in [-0.2, -0.15) is 0 Å². The van der Waals surface area contributed by atoms with Crippen molar-refractivity contribution in [1.82, 2.24) is 9.97 Å². The predicted octanol–water partition coefficient (Wildman–Crippen LogP) is 3.54. The molecule has 2 aromatic heterocycles. The zero-order chi connectivity index (χ0) is 20.8. The van der Waals surface area contributed by atoms with Crippen molar-refractivity contribution in [2.45, 2.75) is 12.1 Å². The van der Waals surface area contributed by atoms with Crippen LogP contribution in [-0.4, -0.2) is 46.3 Å². The largest absolute Gasteiger partial charge is 0.389 e. The molecule has 0 unspecified atom stereocenters. The normalized spacial score (nSPS) is 19.6. The van der Waals surface area contributed by atoms with E-state index in [1.54, 1.807) is 12.1 Å². The van der Waals surface area contributed by atoms with Crippen LogP contribution in [0.1, 0.15) is 0 Å². The number of hydrogen-bond acceptors (Lipinski definition) is 5. The third-order valence-corrected chi connectivity index (χ3v) is 5.54. The number of nitrogens with zero attached hydrogens (tertiary/aromatic N) is 4. The molecule has 5 rings (SSSR count). The lowest BCUT2D eigenvalue weighted by Gasteiger charge is -2.36. The summed E-state index contributed by atoms with van der Waals surface area (Å²) >= 11 is 6.12. The van der Waals surface area contributed by atoms with Crippen LogP contribution in [0, 0.1) is 5.82 Å². The van der Waals surface area contributed by atoms with E-state index in [1.807, 2.05) is 29.2 Å². The number of carbonyl (C=O) groups is 1. The number of aliphatic hydroxyl groups is 1. The Kier molecular flexibility index (Phi) is 4.52. The summed E-state index contributed by atoms with van der Waals surface area (Å²) in [5.41, 5.74) is 2.44. The molecule has 1 aromatic carbocycles. The quantitative estimate of drug-likeness (QED) is 0.656. The fraction of sp³-hybridized carbons (Fsp3) is 0.190. The zero-order valence-electron chi connectivity index (χ0n) is 15.7. The third kappa shape index (κ3) is 3.24. The maximum Gasteiger partial charge on any atom is 0.328 e. The van der Waals surface area contributed by atoms with Gasteiger partial charge in [0.2, 0.25) is 0 Å². The highest BCUT2D eigenvalue weighted by Gasteiger charge is 2.45. The second kappa shape index (κ2) is 7.23. The van der Waals surface area contributed by atoms with E-state index in [0.29, 0.717) is 29.6 Å². The topological polar surface area (TPSA) is 81.6 Å². The second-order valence-corrected chi connectivity index (χ2v) is 7.72. The molecule has 2 N–H and O–H groups in total. The van der Waals surface area contributed by atoms with Gasteiger partial charge in [-0.25, -0.2) is 14.2 Å². The lowest BCUT2D eigenvalue weighted by molar-refractivity contribution is 0.176. The predicted molar refractivity (Wildman–Crippen MR) is 112 cm³/mol. The van der Waals surface area contributed by atoms with Gasteiger partial charge >= 0.3 is 6.03 Å². The lowest BCUT2D eigenvalue weighted by Crippen LogP contribution is -2.51. The summed E-state index contributed by atoms with van der Waals surface area (Å²) in [4.78, 5) is 25.1. The number of pyridine rings is 2. The third-order valence-electron chi connectivity index (χ3n) is 5.31. The van der Waals surface area contributed by atoms with E-state index < -0.39 is 24.0 Å². The number of nitrogens with one attached hydrogen (secondary N) is 1. The van der Waals surface area contributed by atoms with E-state index in [1.165, 1.54) is 17.2 Å². The number of fused-ring (bicyclic) bond motifs is 4. The number of aliphatic hydroxyl groups excluding tert-OH is 1. The Morgan fingerprint density at radius 3 is 2.87 bits per heavy atom. The van der Waals surface area contributed by atoms with E-state index in [2.05, 4.69) is 10.3 Å². The number of anilines is 3. The van der Waals surface area contributed by atoms with Gasteiger partial charge in [0, 0.05) is 29.7 Å². The minimum absolute atomic E-state index is 0.225. The average Bonchev–Trinajstić information content (AvgIpc) is 3.04. The monoisotopic (exact) mass is 425 g/mol. The summed E-state index contributed by atoms with van der Waals surface area (Å²) in [7, 11) is 0. The van der Waals surface area contributed by atoms with Gasteiger partial charge in [-0.05, 0) is 24.3 Å². The Morgan fingerprint density at radius 2 is 2.07 bits per heavy atom. The van der Waals surface area contributed by atoms with Crippen molar-refractivity contribution < 1.29 is 14.3 Å². The zero-order valence-corrected chi connectivity index (χ0v) is 16.4. The van der Waals surface area contributed by atoms with Crippen LogP contribution in [0.2, 0.25) is 5.02 Å². The summed E-state index contributed by atoms with van der Waals surface area (Å²) in [5.74, 6) is -0.123. The standard InChI is InChI=1S/C21H17ClFN5O2/c22-13-3-1-2-12(6-13)16-4-5-17-20(26-16)28(18-10-27(17)11-19(18)29)21(30)25-15-7-14(23)8-24-9-15/h1-9,18-19,29H,10-11H2,(H,25,30)/t18-,19-/m1/s1. The fourth-order valence-corrected chi connectivity index (χ4v) is 4.15. The number of rotatable bonds is 2. The van der Waals surface area contributed by atoms with E-state index >= 15 is 0 Å². The van der Waals surface area contributed by atoms with Crippen molar-refractivity contribution in [3.63, 3.8) is 0 Å². The molecule has 7 nitrogen and oxygen atoms in total. The van der Waals surface area contributed by atoms with Crippen LogP contribution in [0.5, 0.6) is 0 Å². The minimum atomic E-state index is -0.731. The van der Waals surface area contributed by atoms with Crippen molar-refractivity contribution in [3.05, 3.63) is 65.7 Å². The Hall–Kier alpha value is -3.23. The number of benzene rings is 1. The molecule has 4 heterocycles. The van der Waals surface area contributed by atoms with Crippen molar-refractivity contribution in [2.24, 2.45) is 0 Å². The Bertz CT molecular complexity index is 1140. The first-order valence-electron chi connectivity index (χ1n) is 9.40. The summed E-state index contributed by atoms with van der Waals surface area (Å²) < 4.78 is 13.5. The van der Waals surface area contributed by atoms with E-state index in [4.69, 9.17) is 16.6 Å². The van der Waals surface area contributed by atoms with Gasteiger partial charge < -0.3 is 15.3 Å². The van der Waals surface area contributed by atoms with Crippen molar-refractivity contribution in [3.8, 4) is 11.3 Å². The maximum atomic E-state index is 13.5. The van der Waals surface area contributed by atoms with E-state index in [0.717, 1.165) is 17.4 Å². The molecular formula is C21H17ClFN5O2. The van der Waals surface area contributed by atoms with Crippen LogP contribution < -0.4 is 15.1 Å². The van der Waals surface area contributed by atoms with Gasteiger partial charge in [-0.15, -0.1) is 0 Å². The Balaban J connectivity index is 1.56. The molecule has 0 aliphatic carbocycles. The Labute approximate surface area is 176 Å².